The van der Waals surface area contributed by atoms with E-state index in [2.05, 4.69) is 20.1 Å². The Balaban J connectivity index is 1.36. The highest BCUT2D eigenvalue weighted by Crippen LogP contribution is 2.30. The molecule has 1 N–H and O–H groups in total. The van der Waals surface area contributed by atoms with Crippen LogP contribution in [0.4, 0.5) is 5.13 Å². The molecule has 144 valence electrons. The first-order valence-corrected chi connectivity index (χ1v) is 10.3. The van der Waals surface area contributed by atoms with Gasteiger partial charge in [0.2, 0.25) is 10.1 Å². The number of nitrogens with one attached hydrogen (secondary N) is 1. The minimum Gasteiger partial charge on any atom is -0.366 e. The first kappa shape index (κ1) is 17.6. The van der Waals surface area contributed by atoms with E-state index in [1.165, 1.54) is 0 Å². The number of aromatic amines is 1. The number of imidazole rings is 1. The maximum atomic E-state index is 5.97. The summed E-state index contributed by atoms with van der Waals surface area (Å²) in [4.78, 5) is 12.3. The molecular weight excluding hydrogens is 398 g/mol. The summed E-state index contributed by atoms with van der Waals surface area (Å²) < 4.78 is 7.70. The summed E-state index contributed by atoms with van der Waals surface area (Å²) in [7, 11) is 0. The molecule has 1 aliphatic rings. The van der Waals surface area contributed by atoms with E-state index >= 15 is 0 Å². The lowest BCUT2D eigenvalue weighted by molar-refractivity contribution is 0.0341. The number of aromatic nitrogens is 6. The Kier molecular flexibility index (Phi) is 4.50. The summed E-state index contributed by atoms with van der Waals surface area (Å²) in [6.07, 6.45) is 2.61. The molecule has 0 spiro atoms. The molecule has 4 heterocycles. The van der Waals surface area contributed by atoms with E-state index in [0.29, 0.717) is 24.0 Å². The van der Waals surface area contributed by atoms with E-state index < -0.39 is 0 Å². The van der Waals surface area contributed by atoms with Crippen LogP contribution < -0.4 is 4.90 Å². The highest BCUT2D eigenvalue weighted by atomic mass is 35.5. The second kappa shape index (κ2) is 7.16. The standard InChI is InChI=1S/C18H18ClN7OS/c1-2-15-21-16(23-22-15)14-10-25(7-8-27-14)18-24-26-9-13(20-17(26)28-18)11-3-5-12(19)6-4-11/h3-6,9,14H,2,7-8,10H2,1H3,(H,21,22,23). The highest BCUT2D eigenvalue weighted by Gasteiger charge is 2.27. The quantitative estimate of drug-likeness (QED) is 0.550. The van der Waals surface area contributed by atoms with E-state index in [-0.39, 0.29) is 6.10 Å². The van der Waals surface area contributed by atoms with Gasteiger partial charge in [0.05, 0.1) is 25.0 Å². The summed E-state index contributed by atoms with van der Waals surface area (Å²) in [6.45, 7) is 4.10. The second-order valence-corrected chi connectivity index (χ2v) is 7.91. The summed E-state index contributed by atoms with van der Waals surface area (Å²) in [5.41, 5.74) is 1.90. The Morgan fingerprint density at radius 2 is 2.14 bits per heavy atom. The monoisotopic (exact) mass is 415 g/mol. The Labute approximate surface area is 170 Å². The van der Waals surface area contributed by atoms with E-state index in [0.717, 1.165) is 40.1 Å². The van der Waals surface area contributed by atoms with Crippen LogP contribution in [0.1, 0.15) is 24.7 Å². The van der Waals surface area contributed by atoms with Crippen molar-refractivity contribution in [2.45, 2.75) is 19.4 Å². The molecule has 0 radical (unpaired) electrons. The van der Waals surface area contributed by atoms with Crippen LogP contribution in [-0.4, -0.2) is 49.5 Å². The Hall–Kier alpha value is -2.49. The van der Waals surface area contributed by atoms with E-state index in [9.17, 15) is 0 Å². The molecule has 28 heavy (non-hydrogen) atoms. The van der Waals surface area contributed by atoms with E-state index in [1.54, 1.807) is 11.3 Å². The lowest BCUT2D eigenvalue weighted by Crippen LogP contribution is -2.38. The SMILES string of the molecule is CCc1nc(C2CN(c3nn4cc(-c5ccc(Cl)cc5)nc4s3)CCO2)n[nH]1. The van der Waals surface area contributed by atoms with Crippen molar-refractivity contribution in [3.05, 3.63) is 47.1 Å². The predicted octanol–water partition coefficient (Wildman–Crippen LogP) is 3.37. The van der Waals surface area contributed by atoms with Crippen LogP contribution in [0.3, 0.4) is 0 Å². The number of nitrogens with zero attached hydrogens (tertiary/aromatic N) is 6. The molecule has 5 rings (SSSR count). The van der Waals surface area contributed by atoms with Crippen LogP contribution in [0, 0.1) is 0 Å². The van der Waals surface area contributed by atoms with Gasteiger partial charge >= 0.3 is 0 Å². The Morgan fingerprint density at radius 3 is 2.89 bits per heavy atom. The fourth-order valence-electron chi connectivity index (χ4n) is 3.17. The lowest BCUT2D eigenvalue weighted by atomic mass is 10.2. The minimum atomic E-state index is -0.161. The number of H-pyrrole nitrogens is 1. The number of rotatable bonds is 4. The zero-order valence-electron chi connectivity index (χ0n) is 15.2. The molecule has 8 nitrogen and oxygen atoms in total. The first-order valence-electron chi connectivity index (χ1n) is 9.09. The predicted molar refractivity (Wildman–Crippen MR) is 108 cm³/mol. The van der Waals surface area contributed by atoms with Crippen LogP contribution in [0.5, 0.6) is 0 Å². The smallest absolute Gasteiger partial charge is 0.214 e. The Morgan fingerprint density at radius 1 is 1.29 bits per heavy atom. The molecule has 1 fully saturated rings. The van der Waals surface area contributed by atoms with Gasteiger partial charge in [-0.05, 0) is 12.1 Å². The van der Waals surface area contributed by atoms with Gasteiger partial charge in [-0.2, -0.15) is 5.10 Å². The van der Waals surface area contributed by atoms with Crippen molar-refractivity contribution in [3.8, 4) is 11.3 Å². The molecule has 3 aromatic heterocycles. The average molecular weight is 416 g/mol. The summed E-state index contributed by atoms with van der Waals surface area (Å²) in [5, 5.41) is 13.6. The van der Waals surface area contributed by atoms with Gasteiger partial charge in [0, 0.05) is 23.6 Å². The van der Waals surface area contributed by atoms with Crippen molar-refractivity contribution in [3.63, 3.8) is 0 Å². The van der Waals surface area contributed by atoms with Crippen molar-refractivity contribution in [1.82, 2.24) is 29.8 Å². The van der Waals surface area contributed by atoms with Gasteiger partial charge in [-0.1, -0.05) is 42.0 Å². The fraction of sp³-hybridized carbons (Fsp3) is 0.333. The molecule has 0 bridgehead atoms. The van der Waals surface area contributed by atoms with Gasteiger partial charge in [0.1, 0.15) is 11.9 Å². The normalized spacial score (nSPS) is 17.5. The van der Waals surface area contributed by atoms with E-state index in [4.69, 9.17) is 26.4 Å². The molecule has 0 amide bonds. The van der Waals surface area contributed by atoms with Crippen LogP contribution in [0.2, 0.25) is 5.02 Å². The van der Waals surface area contributed by atoms with Crippen LogP contribution in [0.25, 0.3) is 16.2 Å². The first-order chi connectivity index (χ1) is 13.7. The number of hydrogen-bond acceptors (Lipinski definition) is 7. The number of aryl methyl sites for hydroxylation is 1. The van der Waals surface area contributed by atoms with Crippen molar-refractivity contribution < 1.29 is 4.74 Å². The average Bonchev–Trinajstić information content (AvgIpc) is 3.43. The molecule has 1 atom stereocenters. The lowest BCUT2D eigenvalue weighted by Gasteiger charge is -2.30. The molecule has 1 unspecified atom stereocenters. The van der Waals surface area contributed by atoms with Gasteiger partial charge in [0.15, 0.2) is 5.82 Å². The van der Waals surface area contributed by atoms with Crippen molar-refractivity contribution in [2.75, 3.05) is 24.6 Å². The molecule has 10 heteroatoms. The van der Waals surface area contributed by atoms with Gasteiger partial charge in [-0.3, -0.25) is 5.10 Å². The van der Waals surface area contributed by atoms with E-state index in [1.807, 2.05) is 41.9 Å². The second-order valence-electron chi connectivity index (χ2n) is 6.54. The van der Waals surface area contributed by atoms with Crippen LogP contribution >= 0.6 is 22.9 Å². The minimum absolute atomic E-state index is 0.161. The topological polar surface area (TPSA) is 84.2 Å². The van der Waals surface area contributed by atoms with Crippen LogP contribution in [-0.2, 0) is 11.2 Å². The third-order valence-electron chi connectivity index (χ3n) is 4.68. The van der Waals surface area contributed by atoms with Crippen molar-refractivity contribution in [2.24, 2.45) is 0 Å². The van der Waals surface area contributed by atoms with Gasteiger partial charge in [-0.15, -0.1) is 5.10 Å². The third-order valence-corrected chi connectivity index (χ3v) is 5.92. The fourth-order valence-corrected chi connectivity index (χ4v) is 4.21. The summed E-state index contributed by atoms with van der Waals surface area (Å²) in [5.74, 6) is 1.58. The van der Waals surface area contributed by atoms with Gasteiger partial charge in [0.25, 0.3) is 0 Å². The molecule has 0 saturated carbocycles. The Bertz CT molecular complexity index is 1070. The molecule has 1 aromatic carbocycles. The molecule has 0 aliphatic carbocycles. The number of benzene rings is 1. The number of halogens is 1. The maximum absolute atomic E-state index is 5.97. The summed E-state index contributed by atoms with van der Waals surface area (Å²) in [6, 6.07) is 7.65. The largest absolute Gasteiger partial charge is 0.366 e. The summed E-state index contributed by atoms with van der Waals surface area (Å²) >= 11 is 7.53. The molecular formula is C18H18ClN7OS. The number of hydrogen-bond donors (Lipinski definition) is 1. The molecule has 1 saturated heterocycles. The number of morpholine rings is 1. The highest BCUT2D eigenvalue weighted by molar-refractivity contribution is 7.20. The van der Waals surface area contributed by atoms with Crippen molar-refractivity contribution >= 4 is 33.0 Å². The zero-order chi connectivity index (χ0) is 19.1. The van der Waals surface area contributed by atoms with Crippen molar-refractivity contribution in [1.29, 1.82) is 0 Å². The zero-order valence-corrected chi connectivity index (χ0v) is 16.7. The van der Waals surface area contributed by atoms with Crippen LogP contribution in [0.15, 0.2) is 30.5 Å². The molecule has 4 aromatic rings. The molecule has 1 aliphatic heterocycles. The maximum Gasteiger partial charge on any atom is 0.214 e. The van der Waals surface area contributed by atoms with Gasteiger partial charge in [-0.25, -0.2) is 14.5 Å². The number of ether oxygens (including phenoxy) is 1. The number of fused-ring (bicyclic) bond motifs is 1. The van der Waals surface area contributed by atoms with Gasteiger partial charge < -0.3 is 9.64 Å². The third kappa shape index (κ3) is 3.25. The number of anilines is 1.